The fourth-order valence-electron chi connectivity index (χ4n) is 1.97. The van der Waals surface area contributed by atoms with Crippen molar-refractivity contribution >= 4 is 11.9 Å². The average molecular weight is 230 g/mol. The van der Waals surface area contributed by atoms with E-state index >= 15 is 0 Å². The number of carbonyl (C=O) groups excluding carboxylic acids is 1. The van der Waals surface area contributed by atoms with Crippen molar-refractivity contribution in [1.82, 2.24) is 10.2 Å². The number of carbonyl (C=O) groups is 2. The smallest absolute Gasteiger partial charge is 0.306 e. The molecule has 6 nitrogen and oxygen atoms in total. The number of nitrogens with zero attached hydrogens (tertiary/aromatic N) is 1. The highest BCUT2D eigenvalue weighted by Gasteiger charge is 2.25. The predicted molar refractivity (Wildman–Crippen MR) is 56.9 cm³/mol. The van der Waals surface area contributed by atoms with Gasteiger partial charge in [-0.05, 0) is 6.42 Å². The SMILES string of the molecule is CC(=O)NC1CCN(CC(O)CC(=O)O)C1. The molecule has 1 saturated heterocycles. The molecular formula is C10H18N2O4. The summed E-state index contributed by atoms with van der Waals surface area (Å²) >= 11 is 0. The van der Waals surface area contributed by atoms with E-state index in [1.807, 2.05) is 4.90 Å². The van der Waals surface area contributed by atoms with E-state index in [2.05, 4.69) is 5.32 Å². The van der Waals surface area contributed by atoms with Gasteiger partial charge in [0.2, 0.25) is 5.91 Å². The van der Waals surface area contributed by atoms with Crippen molar-refractivity contribution in [3.8, 4) is 0 Å². The van der Waals surface area contributed by atoms with Gasteiger partial charge in [-0.15, -0.1) is 0 Å². The van der Waals surface area contributed by atoms with Crippen molar-refractivity contribution in [2.75, 3.05) is 19.6 Å². The molecule has 1 fully saturated rings. The number of amides is 1. The Bertz CT molecular complexity index is 270. The molecule has 2 atom stereocenters. The first-order valence-electron chi connectivity index (χ1n) is 5.36. The van der Waals surface area contributed by atoms with Gasteiger partial charge in [0, 0.05) is 32.6 Å². The number of aliphatic hydroxyl groups is 1. The van der Waals surface area contributed by atoms with Crippen LogP contribution in [0.1, 0.15) is 19.8 Å². The number of aliphatic hydroxyl groups excluding tert-OH is 1. The number of nitrogens with one attached hydrogen (secondary N) is 1. The standard InChI is InChI=1S/C10H18N2O4/c1-7(13)11-8-2-3-12(5-8)6-9(14)4-10(15)16/h8-9,14H,2-6H2,1H3,(H,11,13)(H,15,16). The second-order valence-electron chi connectivity index (χ2n) is 4.20. The maximum Gasteiger partial charge on any atom is 0.306 e. The molecule has 6 heteroatoms. The summed E-state index contributed by atoms with van der Waals surface area (Å²) in [7, 11) is 0. The number of carboxylic acids is 1. The minimum Gasteiger partial charge on any atom is -0.481 e. The minimum absolute atomic E-state index is 0.0575. The van der Waals surface area contributed by atoms with Crippen LogP contribution < -0.4 is 5.32 Å². The third-order valence-electron chi connectivity index (χ3n) is 2.56. The minimum atomic E-state index is -0.995. The first kappa shape index (κ1) is 12.9. The van der Waals surface area contributed by atoms with Crippen molar-refractivity contribution in [2.45, 2.75) is 31.9 Å². The van der Waals surface area contributed by atoms with Crippen LogP contribution in [-0.2, 0) is 9.59 Å². The molecule has 0 aromatic heterocycles. The van der Waals surface area contributed by atoms with Crippen LogP contribution in [-0.4, -0.2) is 58.8 Å². The molecule has 16 heavy (non-hydrogen) atoms. The van der Waals surface area contributed by atoms with E-state index < -0.39 is 12.1 Å². The third-order valence-corrected chi connectivity index (χ3v) is 2.56. The van der Waals surface area contributed by atoms with Gasteiger partial charge < -0.3 is 15.5 Å². The molecule has 0 bridgehead atoms. The van der Waals surface area contributed by atoms with Gasteiger partial charge in [-0.3, -0.25) is 14.5 Å². The first-order chi connectivity index (χ1) is 7.47. The fraction of sp³-hybridized carbons (Fsp3) is 0.800. The zero-order chi connectivity index (χ0) is 12.1. The van der Waals surface area contributed by atoms with Crippen LogP contribution in [0.3, 0.4) is 0 Å². The lowest BCUT2D eigenvalue weighted by Gasteiger charge is -2.19. The Labute approximate surface area is 94.2 Å². The summed E-state index contributed by atoms with van der Waals surface area (Å²) in [6.07, 6.45) is -0.227. The van der Waals surface area contributed by atoms with Gasteiger partial charge in [-0.2, -0.15) is 0 Å². The maximum atomic E-state index is 10.8. The van der Waals surface area contributed by atoms with Crippen molar-refractivity contribution in [2.24, 2.45) is 0 Å². The van der Waals surface area contributed by atoms with Crippen molar-refractivity contribution in [3.63, 3.8) is 0 Å². The first-order valence-corrected chi connectivity index (χ1v) is 5.36. The number of likely N-dealkylation sites (tertiary alicyclic amines) is 1. The molecule has 2 unspecified atom stereocenters. The molecule has 0 radical (unpaired) electrons. The molecule has 0 aromatic rings. The molecule has 0 aliphatic carbocycles. The zero-order valence-corrected chi connectivity index (χ0v) is 9.35. The molecule has 3 N–H and O–H groups in total. The van der Waals surface area contributed by atoms with E-state index in [-0.39, 0.29) is 18.4 Å². The summed E-state index contributed by atoms with van der Waals surface area (Å²) < 4.78 is 0. The second kappa shape index (κ2) is 5.81. The number of hydrogen-bond acceptors (Lipinski definition) is 4. The van der Waals surface area contributed by atoms with E-state index in [0.717, 1.165) is 13.0 Å². The highest BCUT2D eigenvalue weighted by molar-refractivity contribution is 5.73. The van der Waals surface area contributed by atoms with Crippen molar-refractivity contribution < 1.29 is 19.8 Å². The van der Waals surface area contributed by atoms with Gasteiger partial charge in [0.1, 0.15) is 0 Å². The molecule has 1 aliphatic rings. The molecule has 0 aromatic carbocycles. The molecule has 1 aliphatic heterocycles. The Kier molecular flexibility index (Phi) is 4.70. The normalized spacial score (nSPS) is 23.0. The van der Waals surface area contributed by atoms with Crippen molar-refractivity contribution in [1.29, 1.82) is 0 Å². The number of carboxylic acid groups (broad SMARTS) is 1. The van der Waals surface area contributed by atoms with Gasteiger partial charge in [-0.1, -0.05) is 0 Å². The van der Waals surface area contributed by atoms with Crippen LogP contribution in [0.4, 0.5) is 0 Å². The van der Waals surface area contributed by atoms with E-state index in [4.69, 9.17) is 5.11 Å². The summed E-state index contributed by atoms with van der Waals surface area (Å²) in [5.41, 5.74) is 0. The van der Waals surface area contributed by atoms with Crippen molar-refractivity contribution in [3.05, 3.63) is 0 Å². The Morgan fingerprint density at radius 3 is 2.81 bits per heavy atom. The molecule has 0 saturated carbocycles. The highest BCUT2D eigenvalue weighted by atomic mass is 16.4. The van der Waals surface area contributed by atoms with Crippen LogP contribution in [0.25, 0.3) is 0 Å². The van der Waals surface area contributed by atoms with Crippen LogP contribution in [0.15, 0.2) is 0 Å². The summed E-state index contributed by atoms with van der Waals surface area (Å²) in [6, 6.07) is 0.120. The van der Waals surface area contributed by atoms with Gasteiger partial charge in [0.25, 0.3) is 0 Å². The number of aliphatic carboxylic acids is 1. The quantitative estimate of drug-likeness (QED) is 0.565. The lowest BCUT2D eigenvalue weighted by molar-refractivity contribution is -0.139. The number of β-amino-alcohol motifs (C(OH)–C–C–N with tert-alkyl or cyclic N) is 1. The monoisotopic (exact) mass is 230 g/mol. The molecule has 1 amide bonds. The Morgan fingerprint density at radius 1 is 1.56 bits per heavy atom. The van der Waals surface area contributed by atoms with Crippen LogP contribution in [0.5, 0.6) is 0 Å². The van der Waals surface area contributed by atoms with Gasteiger partial charge in [0.05, 0.1) is 12.5 Å². The predicted octanol–water partition coefficient (Wildman–Crippen LogP) is -0.968. The second-order valence-corrected chi connectivity index (χ2v) is 4.20. The van der Waals surface area contributed by atoms with E-state index in [9.17, 15) is 14.7 Å². The highest BCUT2D eigenvalue weighted by Crippen LogP contribution is 2.10. The molecule has 1 rings (SSSR count). The fourth-order valence-corrected chi connectivity index (χ4v) is 1.97. The number of rotatable bonds is 5. The third kappa shape index (κ3) is 4.59. The topological polar surface area (TPSA) is 89.9 Å². The largest absolute Gasteiger partial charge is 0.481 e. The molecular weight excluding hydrogens is 212 g/mol. The van der Waals surface area contributed by atoms with E-state index in [0.29, 0.717) is 13.1 Å². The lowest BCUT2D eigenvalue weighted by Crippen LogP contribution is -2.37. The van der Waals surface area contributed by atoms with Crippen LogP contribution in [0.2, 0.25) is 0 Å². The summed E-state index contributed by atoms with van der Waals surface area (Å²) in [5, 5.41) is 20.7. The van der Waals surface area contributed by atoms with Gasteiger partial charge in [-0.25, -0.2) is 0 Å². The average Bonchev–Trinajstić information content (AvgIpc) is 2.49. The molecule has 1 heterocycles. The van der Waals surface area contributed by atoms with Gasteiger partial charge in [0.15, 0.2) is 0 Å². The summed E-state index contributed by atoms with van der Waals surface area (Å²) in [4.78, 5) is 23.1. The number of hydrogen-bond donors (Lipinski definition) is 3. The Morgan fingerprint density at radius 2 is 2.25 bits per heavy atom. The molecule has 0 spiro atoms. The van der Waals surface area contributed by atoms with E-state index in [1.54, 1.807) is 0 Å². The lowest BCUT2D eigenvalue weighted by atomic mass is 10.2. The summed E-state index contributed by atoms with van der Waals surface area (Å²) in [6.45, 7) is 3.28. The van der Waals surface area contributed by atoms with Crippen LogP contribution in [0, 0.1) is 0 Å². The van der Waals surface area contributed by atoms with Crippen LogP contribution >= 0.6 is 0 Å². The van der Waals surface area contributed by atoms with E-state index in [1.165, 1.54) is 6.92 Å². The zero-order valence-electron chi connectivity index (χ0n) is 9.35. The maximum absolute atomic E-state index is 10.8. The molecule has 92 valence electrons. The summed E-state index contributed by atoms with van der Waals surface area (Å²) in [5.74, 6) is -1.05. The van der Waals surface area contributed by atoms with Gasteiger partial charge >= 0.3 is 5.97 Å². The Hall–Kier alpha value is -1.14. The Balaban J connectivity index is 2.25.